The Morgan fingerprint density at radius 2 is 1.86 bits per heavy atom. The largest absolute Gasteiger partial charge is 0.497 e. The predicted octanol–water partition coefficient (Wildman–Crippen LogP) is 2.87. The standard InChI is InChI=1S/C22H26N2O4/c1-27-19-10-5-7-17(13-19)21(26)24-12-6-11-22(15-24,14-20(23)25)16-28-18-8-3-2-4-9-18/h2-5,7-10,13H,6,11-12,14-16H2,1H3,(H2,23,25). The van der Waals surface area contributed by atoms with Gasteiger partial charge in [0.15, 0.2) is 0 Å². The topological polar surface area (TPSA) is 81.9 Å². The fourth-order valence-corrected chi connectivity index (χ4v) is 3.76. The maximum atomic E-state index is 13.0. The summed E-state index contributed by atoms with van der Waals surface area (Å²) in [5, 5.41) is 0. The molecule has 148 valence electrons. The highest BCUT2D eigenvalue weighted by molar-refractivity contribution is 5.94. The summed E-state index contributed by atoms with van der Waals surface area (Å²) >= 11 is 0. The molecule has 1 aliphatic rings. The van der Waals surface area contributed by atoms with E-state index in [4.69, 9.17) is 15.2 Å². The van der Waals surface area contributed by atoms with Crippen molar-refractivity contribution in [2.45, 2.75) is 19.3 Å². The highest BCUT2D eigenvalue weighted by Crippen LogP contribution is 2.35. The number of amides is 2. The summed E-state index contributed by atoms with van der Waals surface area (Å²) in [7, 11) is 1.57. The van der Waals surface area contributed by atoms with E-state index in [2.05, 4.69) is 0 Å². The van der Waals surface area contributed by atoms with Gasteiger partial charge in [-0.15, -0.1) is 0 Å². The molecule has 2 amide bonds. The predicted molar refractivity (Wildman–Crippen MR) is 106 cm³/mol. The smallest absolute Gasteiger partial charge is 0.254 e. The van der Waals surface area contributed by atoms with Gasteiger partial charge in [0, 0.05) is 30.5 Å². The first-order valence-electron chi connectivity index (χ1n) is 9.41. The number of rotatable bonds is 7. The highest BCUT2D eigenvalue weighted by atomic mass is 16.5. The van der Waals surface area contributed by atoms with Gasteiger partial charge in [-0.25, -0.2) is 0 Å². The van der Waals surface area contributed by atoms with Crippen molar-refractivity contribution in [3.63, 3.8) is 0 Å². The number of piperidine rings is 1. The minimum Gasteiger partial charge on any atom is -0.497 e. The van der Waals surface area contributed by atoms with E-state index in [9.17, 15) is 9.59 Å². The highest BCUT2D eigenvalue weighted by Gasteiger charge is 2.39. The van der Waals surface area contributed by atoms with Crippen LogP contribution in [0.1, 0.15) is 29.6 Å². The number of para-hydroxylation sites is 1. The van der Waals surface area contributed by atoms with Crippen LogP contribution in [0.25, 0.3) is 0 Å². The molecule has 0 radical (unpaired) electrons. The van der Waals surface area contributed by atoms with Crippen molar-refractivity contribution >= 4 is 11.8 Å². The molecule has 3 rings (SSSR count). The third-order valence-electron chi connectivity index (χ3n) is 5.10. The first-order valence-corrected chi connectivity index (χ1v) is 9.41. The van der Waals surface area contributed by atoms with Crippen LogP contribution in [0.5, 0.6) is 11.5 Å². The van der Waals surface area contributed by atoms with Gasteiger partial charge in [0.25, 0.3) is 5.91 Å². The Morgan fingerprint density at radius 1 is 1.11 bits per heavy atom. The van der Waals surface area contributed by atoms with Gasteiger partial charge in [0.05, 0.1) is 13.7 Å². The number of nitrogens with zero attached hydrogens (tertiary/aromatic N) is 1. The molecule has 0 aromatic heterocycles. The summed E-state index contributed by atoms with van der Waals surface area (Å²) in [6, 6.07) is 16.6. The molecular formula is C22H26N2O4. The van der Waals surface area contributed by atoms with Crippen LogP contribution in [0.4, 0.5) is 0 Å². The average molecular weight is 382 g/mol. The molecule has 2 aromatic carbocycles. The molecule has 2 N–H and O–H groups in total. The Hall–Kier alpha value is -3.02. The van der Waals surface area contributed by atoms with Gasteiger partial charge < -0.3 is 20.1 Å². The van der Waals surface area contributed by atoms with E-state index in [1.165, 1.54) is 0 Å². The minimum absolute atomic E-state index is 0.0767. The molecule has 2 aromatic rings. The molecule has 28 heavy (non-hydrogen) atoms. The molecule has 1 saturated heterocycles. The molecule has 1 fully saturated rings. The zero-order chi connectivity index (χ0) is 20.0. The van der Waals surface area contributed by atoms with E-state index in [1.54, 1.807) is 36.3 Å². The maximum Gasteiger partial charge on any atom is 0.254 e. The normalized spacial score (nSPS) is 19.1. The van der Waals surface area contributed by atoms with Crippen molar-refractivity contribution in [1.82, 2.24) is 4.90 Å². The molecule has 1 aliphatic heterocycles. The van der Waals surface area contributed by atoms with Gasteiger partial charge in [0.1, 0.15) is 11.5 Å². The number of carbonyl (C=O) groups is 2. The fraction of sp³-hybridized carbons (Fsp3) is 0.364. The van der Waals surface area contributed by atoms with Crippen LogP contribution >= 0.6 is 0 Å². The van der Waals surface area contributed by atoms with Gasteiger partial charge in [-0.1, -0.05) is 24.3 Å². The number of methoxy groups -OCH3 is 1. The Kier molecular flexibility index (Phi) is 6.19. The maximum absolute atomic E-state index is 13.0. The lowest BCUT2D eigenvalue weighted by Gasteiger charge is -2.42. The van der Waals surface area contributed by atoms with Gasteiger partial charge >= 0.3 is 0 Å². The second kappa shape index (κ2) is 8.78. The lowest BCUT2D eigenvalue weighted by molar-refractivity contribution is -0.122. The lowest BCUT2D eigenvalue weighted by atomic mass is 9.77. The van der Waals surface area contributed by atoms with Crippen LogP contribution in [0.15, 0.2) is 54.6 Å². The summed E-state index contributed by atoms with van der Waals surface area (Å²) in [5.41, 5.74) is 5.61. The third kappa shape index (κ3) is 4.82. The Morgan fingerprint density at radius 3 is 2.57 bits per heavy atom. The molecule has 0 bridgehead atoms. The molecule has 0 saturated carbocycles. The minimum atomic E-state index is -0.492. The molecule has 0 spiro atoms. The van der Waals surface area contributed by atoms with Crippen LogP contribution in [0.2, 0.25) is 0 Å². The van der Waals surface area contributed by atoms with Gasteiger partial charge in [-0.2, -0.15) is 0 Å². The van der Waals surface area contributed by atoms with E-state index >= 15 is 0 Å². The van der Waals surface area contributed by atoms with Crippen molar-refractivity contribution in [1.29, 1.82) is 0 Å². The second-order valence-corrected chi connectivity index (χ2v) is 7.31. The van der Waals surface area contributed by atoms with Crippen LogP contribution in [-0.4, -0.2) is 43.5 Å². The SMILES string of the molecule is COc1cccc(C(=O)N2CCCC(COc3ccccc3)(CC(N)=O)C2)c1. The molecule has 1 heterocycles. The second-order valence-electron chi connectivity index (χ2n) is 7.31. The summed E-state index contributed by atoms with van der Waals surface area (Å²) < 4.78 is 11.2. The summed E-state index contributed by atoms with van der Waals surface area (Å²) in [6.07, 6.45) is 1.76. The number of nitrogens with two attached hydrogens (primary N) is 1. The monoisotopic (exact) mass is 382 g/mol. The van der Waals surface area contributed by atoms with Crippen LogP contribution < -0.4 is 15.2 Å². The van der Waals surface area contributed by atoms with Crippen molar-refractivity contribution in [2.75, 3.05) is 26.8 Å². The Bertz CT molecular complexity index is 824. The molecule has 6 heteroatoms. The molecule has 1 unspecified atom stereocenters. The van der Waals surface area contributed by atoms with Crippen molar-refractivity contribution < 1.29 is 19.1 Å². The average Bonchev–Trinajstić information content (AvgIpc) is 2.72. The quantitative estimate of drug-likeness (QED) is 0.798. The van der Waals surface area contributed by atoms with Gasteiger partial charge in [0.2, 0.25) is 5.91 Å². The Balaban J connectivity index is 1.77. The first kappa shape index (κ1) is 19.7. The van der Waals surface area contributed by atoms with Gasteiger partial charge in [-0.05, 0) is 43.2 Å². The number of carbonyl (C=O) groups excluding carboxylic acids is 2. The summed E-state index contributed by atoms with van der Waals surface area (Å²) in [4.78, 5) is 26.6. The van der Waals surface area contributed by atoms with E-state index in [-0.39, 0.29) is 18.2 Å². The Labute approximate surface area is 165 Å². The summed E-state index contributed by atoms with van der Waals surface area (Å²) in [5.74, 6) is 0.917. The van der Waals surface area contributed by atoms with Crippen LogP contribution in [0.3, 0.4) is 0 Å². The lowest BCUT2D eigenvalue weighted by Crippen LogP contribution is -2.50. The van der Waals surface area contributed by atoms with E-state index in [0.29, 0.717) is 31.0 Å². The molecular weight excluding hydrogens is 356 g/mol. The van der Waals surface area contributed by atoms with E-state index < -0.39 is 5.41 Å². The van der Waals surface area contributed by atoms with Crippen molar-refractivity contribution in [3.05, 3.63) is 60.2 Å². The van der Waals surface area contributed by atoms with Crippen LogP contribution in [0, 0.1) is 5.41 Å². The fourth-order valence-electron chi connectivity index (χ4n) is 3.76. The van der Waals surface area contributed by atoms with E-state index in [0.717, 1.165) is 18.6 Å². The van der Waals surface area contributed by atoms with E-state index in [1.807, 2.05) is 30.3 Å². The zero-order valence-corrected chi connectivity index (χ0v) is 16.1. The molecule has 6 nitrogen and oxygen atoms in total. The number of hydrogen-bond acceptors (Lipinski definition) is 4. The first-order chi connectivity index (χ1) is 13.5. The summed E-state index contributed by atoms with van der Waals surface area (Å²) in [6.45, 7) is 1.41. The van der Waals surface area contributed by atoms with Crippen LogP contribution in [-0.2, 0) is 4.79 Å². The van der Waals surface area contributed by atoms with Gasteiger partial charge in [-0.3, -0.25) is 9.59 Å². The number of primary amides is 1. The molecule has 0 aliphatic carbocycles. The zero-order valence-electron chi connectivity index (χ0n) is 16.1. The number of hydrogen-bond donors (Lipinski definition) is 1. The van der Waals surface area contributed by atoms with Crippen molar-refractivity contribution in [3.8, 4) is 11.5 Å². The number of ether oxygens (including phenoxy) is 2. The molecule has 1 atom stereocenters. The third-order valence-corrected chi connectivity index (χ3v) is 5.10. The number of likely N-dealkylation sites (tertiary alicyclic amines) is 1. The van der Waals surface area contributed by atoms with Crippen molar-refractivity contribution in [2.24, 2.45) is 11.1 Å². The number of benzene rings is 2.